The zero-order valence-corrected chi connectivity index (χ0v) is 48.8. The monoisotopic (exact) mass is 1240 g/mol. The van der Waals surface area contributed by atoms with E-state index in [1.54, 1.807) is 29.2 Å². The maximum Gasteiger partial charge on any atom is 0.389 e. The first-order valence-corrected chi connectivity index (χ1v) is 32.7. The van der Waals surface area contributed by atoms with Crippen molar-refractivity contribution in [2.45, 2.75) is 107 Å². The number of ether oxygens (including phenoxy) is 2. The zero-order chi connectivity index (χ0) is 59.9. The summed E-state index contributed by atoms with van der Waals surface area (Å²) in [6.07, 6.45) is -6.01. The fourth-order valence-corrected chi connectivity index (χ4v) is 15.3. The van der Waals surface area contributed by atoms with E-state index in [2.05, 4.69) is 50.8 Å². The molecule has 10 atom stereocenters. The van der Waals surface area contributed by atoms with Crippen molar-refractivity contribution in [1.82, 2.24) is 59.3 Å². The van der Waals surface area contributed by atoms with Gasteiger partial charge in [0.2, 0.25) is 17.7 Å². The molecule has 3 aromatic carbocycles. The third kappa shape index (κ3) is 12.0. The number of carbonyl (C=O) groups excluding carboxylic acids is 3. The molecule has 0 spiro atoms. The molecule has 448 valence electrons. The van der Waals surface area contributed by atoms with Crippen LogP contribution in [0.4, 0.5) is 31.8 Å². The molecule has 0 bridgehead atoms. The number of anilines is 4. The molecule has 4 aliphatic heterocycles. The van der Waals surface area contributed by atoms with Gasteiger partial charge >= 0.3 is 6.80 Å². The number of benzene rings is 3. The maximum absolute atomic E-state index is 17.0. The summed E-state index contributed by atoms with van der Waals surface area (Å²) >= 11 is 0.686. The minimum Gasteiger partial charge on any atom is -0.382 e. The van der Waals surface area contributed by atoms with Gasteiger partial charge in [-0.2, -0.15) is 0 Å². The zero-order valence-electron chi connectivity index (χ0n) is 46.2. The van der Waals surface area contributed by atoms with E-state index in [0.717, 1.165) is 35.6 Å². The van der Waals surface area contributed by atoms with Crippen LogP contribution in [0.1, 0.15) is 62.6 Å². The summed E-state index contributed by atoms with van der Waals surface area (Å²) in [5, 5.41) is 14.6. The highest BCUT2D eigenvalue weighted by molar-refractivity contribution is 8.54. The van der Waals surface area contributed by atoms with Crippen molar-refractivity contribution in [3.8, 4) is 22.5 Å². The fourth-order valence-electron chi connectivity index (χ4n) is 10.8. The predicted molar refractivity (Wildman–Crippen MR) is 313 cm³/mol. The van der Waals surface area contributed by atoms with Gasteiger partial charge in [0.05, 0.1) is 50.3 Å². The third-order valence-corrected chi connectivity index (χ3v) is 19.9. The molecule has 0 radical (unpaired) electrons. The summed E-state index contributed by atoms with van der Waals surface area (Å²) in [6, 6.07) is 22.2. The average Bonchev–Trinajstić information content (AvgIpc) is 2.46. The first kappa shape index (κ1) is 58.8. The lowest BCUT2D eigenvalue weighted by molar-refractivity contribution is -0.124. The number of aryl methyl sites for hydroxylation is 1. The Morgan fingerprint density at radius 1 is 0.756 bits per heavy atom. The van der Waals surface area contributed by atoms with Crippen molar-refractivity contribution in [1.29, 1.82) is 0 Å². The van der Waals surface area contributed by atoms with Crippen LogP contribution in [0.2, 0.25) is 0 Å². The number of halogens is 2. The van der Waals surface area contributed by atoms with Crippen molar-refractivity contribution in [2.24, 2.45) is 0 Å². The highest BCUT2D eigenvalue weighted by Gasteiger charge is 2.55. The van der Waals surface area contributed by atoms with Gasteiger partial charge in [-0.1, -0.05) is 73.2 Å². The molecule has 2 unspecified atom stereocenters. The van der Waals surface area contributed by atoms with Crippen molar-refractivity contribution in [3.05, 3.63) is 109 Å². The number of imidazole rings is 2. The van der Waals surface area contributed by atoms with Crippen molar-refractivity contribution in [2.75, 3.05) is 41.4 Å². The van der Waals surface area contributed by atoms with Crippen LogP contribution in [0.3, 0.4) is 0 Å². The quantitative estimate of drug-likeness (QED) is 0.0490. The normalized spacial score (nSPS) is 25.6. The number of nitrogens with zero attached hydrogens (tertiary/aromatic N) is 12. The van der Waals surface area contributed by atoms with Gasteiger partial charge in [-0.05, 0) is 53.5 Å². The van der Waals surface area contributed by atoms with E-state index in [1.165, 1.54) is 34.4 Å². The van der Waals surface area contributed by atoms with Gasteiger partial charge in [0, 0.05) is 42.0 Å². The summed E-state index contributed by atoms with van der Waals surface area (Å²) in [7, 11) is -3.12. The summed E-state index contributed by atoms with van der Waals surface area (Å²) in [5.74, 6) is -0.769. The lowest BCUT2D eigenvalue weighted by Crippen LogP contribution is -2.37. The van der Waals surface area contributed by atoms with E-state index in [9.17, 15) is 18.9 Å². The number of hydrogen-bond acceptors (Lipinski definition) is 22. The van der Waals surface area contributed by atoms with Crippen LogP contribution in [0, 0.1) is 0 Å². The molecule has 9 heterocycles. The van der Waals surface area contributed by atoms with Crippen LogP contribution < -0.4 is 27.0 Å². The van der Waals surface area contributed by atoms with Gasteiger partial charge in [0.15, 0.2) is 47.7 Å². The van der Waals surface area contributed by atoms with Crippen LogP contribution in [0.25, 0.3) is 44.8 Å². The maximum atomic E-state index is 17.0. The lowest BCUT2D eigenvalue weighted by Gasteiger charge is -2.30. The minimum absolute atomic E-state index is 0.00794. The lowest BCUT2D eigenvalue weighted by atomic mass is 9.95. The molecule has 3 fully saturated rings. The van der Waals surface area contributed by atoms with Crippen LogP contribution in [-0.4, -0.2) is 136 Å². The number of amides is 3. The number of nitrogens with one attached hydrogen (secondary N) is 2. The Balaban J connectivity index is 0.673. The molecule has 0 aliphatic carbocycles. The fraction of sp³-hybridized carbons (Fsp3) is 0.377. The van der Waals surface area contributed by atoms with Crippen LogP contribution in [-0.2, 0) is 69.9 Å². The van der Waals surface area contributed by atoms with Gasteiger partial charge in [0.1, 0.15) is 53.8 Å². The van der Waals surface area contributed by atoms with Crippen LogP contribution >= 0.6 is 25.7 Å². The highest BCUT2D eigenvalue weighted by atomic mass is 32.7. The molecule has 3 saturated heterocycles. The number of unbranched alkanes of at least 4 members (excludes halogenated alkanes) is 2. The highest BCUT2D eigenvalue weighted by Crippen LogP contribution is 2.65. The molecular formula is C53H57BF2N16O11P2S. The molecule has 3 amide bonds. The van der Waals surface area contributed by atoms with E-state index in [1.807, 2.05) is 60.1 Å². The van der Waals surface area contributed by atoms with Crippen LogP contribution in [0.5, 0.6) is 0 Å². The first-order chi connectivity index (χ1) is 41.5. The number of aromatic nitrogens is 11. The average molecular weight is 1240 g/mol. The molecule has 33 heteroatoms. The van der Waals surface area contributed by atoms with Gasteiger partial charge < -0.3 is 45.5 Å². The van der Waals surface area contributed by atoms with Gasteiger partial charge in [-0.3, -0.25) is 37.1 Å². The summed E-state index contributed by atoms with van der Waals surface area (Å²) in [6.45, 7) is -3.38. The molecule has 27 nitrogen and oxygen atoms in total. The number of fused-ring (bicyclic) bond motifs is 9. The summed E-state index contributed by atoms with van der Waals surface area (Å²) in [4.78, 5) is 65.6. The Bertz CT molecular complexity index is 3960. The van der Waals surface area contributed by atoms with Gasteiger partial charge in [-0.25, -0.2) is 47.9 Å². The molecule has 12 rings (SSSR count). The number of nitrogen functional groups attached to an aromatic ring is 2. The number of nitrogens with two attached hydrogens (primary N) is 2. The van der Waals surface area contributed by atoms with E-state index < -0.39 is 82.6 Å². The Labute approximate surface area is 493 Å². The largest absolute Gasteiger partial charge is 0.389 e. The second kappa shape index (κ2) is 24.6. The molecule has 6 N–H and O–H groups in total. The van der Waals surface area contributed by atoms with Crippen molar-refractivity contribution >= 4 is 96.3 Å². The Morgan fingerprint density at radius 2 is 1.38 bits per heavy atom. The van der Waals surface area contributed by atoms with E-state index in [0.29, 0.717) is 67.1 Å². The minimum atomic E-state index is -4.57. The van der Waals surface area contributed by atoms with Crippen molar-refractivity contribution < 1.29 is 59.9 Å². The summed E-state index contributed by atoms with van der Waals surface area (Å²) in [5.41, 5.74) is 18.6. The Hall–Kier alpha value is -7.60. The number of para-hydroxylation sites is 1. The SMILES string of the molecule is BP1(=O)OC[C@H]2O[C@@H](n3cnc4c(N)ncnc43)[C@H](F)[C@@H]2OP(=O)(SCc2ccc(NC(=O)CNC(=O)CCCCCn3nnc4c3-c3ccccc3CN(C(=O)CC)c3ccccc3-4)cc2)OC[C@H]2O[C@@H](n3cnc4c(N)ncnc43)[C@H](F)[C@@H]2O1. The Kier molecular flexibility index (Phi) is 16.8. The predicted octanol–water partition coefficient (Wildman–Crippen LogP) is 6.40. The molecule has 0 saturated carbocycles. The number of rotatable bonds is 15. The number of hydrogen-bond donors (Lipinski definition) is 4. The summed E-state index contributed by atoms with van der Waals surface area (Å²) < 4.78 is 103. The number of alkyl halides is 2. The topological polar surface area (TPSA) is 338 Å². The standard InChI is InChI=1S/C53H57BF2N16O11P2S/c1-2-39(75)69-21-30-10-5-6-11-32(30)45-42(33-12-7-8-13-34(33)69)67-68-72(45)19-9-3-4-14-37(73)59-20-38(74)66-31-17-15-29(16-18-31)24-86-85(77)79-23-36-46(40(55)52(81-36)70-27-64-43-48(57)60-25-62-50(43)70)82-84(54,76)78-22-35-47(83-85)41(56)53(80-35)71-28-65-44-49(58)61-26-63-51(44)71/h5-8,10-13,15-18,25-28,35-36,40-41,46-47,52-53H,2-4,9,14,19-24,54H2,1H3,(H,59,73)(H,66,74)(H2,57,60,62)(H2,58,61,63)/t35-,36-,40-,41-,46-,47-,52-,53-,84?,85?/m1/s1. The molecule has 86 heavy (non-hydrogen) atoms. The third-order valence-electron chi connectivity index (χ3n) is 15.0. The smallest absolute Gasteiger partial charge is 0.382 e. The molecule has 8 aromatic rings. The van der Waals surface area contributed by atoms with E-state index >= 15 is 13.3 Å². The van der Waals surface area contributed by atoms with Gasteiger partial charge in [-0.15, -0.1) is 5.10 Å². The molecule has 4 aliphatic rings. The second-order valence-corrected chi connectivity index (χ2v) is 26.8. The van der Waals surface area contributed by atoms with Crippen molar-refractivity contribution in [3.63, 3.8) is 0 Å². The molecule has 5 aromatic heterocycles. The molecular weight excluding hydrogens is 1180 g/mol. The van der Waals surface area contributed by atoms with Gasteiger partial charge in [0.25, 0.3) is 15.0 Å². The first-order valence-electron chi connectivity index (χ1n) is 27.6. The second-order valence-electron chi connectivity index (χ2n) is 20.8. The Morgan fingerprint density at radius 3 is 2.06 bits per heavy atom. The number of carbonyl (C=O) groups is 3. The van der Waals surface area contributed by atoms with E-state index in [-0.39, 0.29) is 64.5 Å². The van der Waals surface area contributed by atoms with E-state index in [4.69, 9.17) is 39.0 Å². The van der Waals surface area contributed by atoms with Crippen LogP contribution in [0.15, 0.2) is 98.1 Å².